The zero-order valence-electron chi connectivity index (χ0n) is 15.3. The zero-order chi connectivity index (χ0) is 19.9. The van der Waals surface area contributed by atoms with Gasteiger partial charge in [0.2, 0.25) is 5.91 Å². The van der Waals surface area contributed by atoms with Crippen molar-refractivity contribution in [2.45, 2.75) is 38.8 Å². The van der Waals surface area contributed by atoms with Crippen LogP contribution in [0, 0.1) is 0 Å². The molecule has 2 N–H and O–H groups in total. The fourth-order valence-corrected chi connectivity index (χ4v) is 3.12. The van der Waals surface area contributed by atoms with E-state index in [1.807, 2.05) is 38.1 Å². The summed E-state index contributed by atoms with van der Waals surface area (Å²) >= 11 is 5.97. The summed E-state index contributed by atoms with van der Waals surface area (Å²) in [6, 6.07) is 13.6. The summed E-state index contributed by atoms with van der Waals surface area (Å²) < 4.78 is 29.4. The van der Waals surface area contributed by atoms with Crippen LogP contribution in [0.15, 0.2) is 48.5 Å². The van der Waals surface area contributed by atoms with E-state index >= 15 is 0 Å². The normalized spacial score (nSPS) is 11.5. The van der Waals surface area contributed by atoms with Crippen LogP contribution in [0.4, 0.5) is 14.5 Å². The fourth-order valence-electron chi connectivity index (χ4n) is 2.99. The quantitative estimate of drug-likeness (QED) is 0.613. The van der Waals surface area contributed by atoms with Crippen molar-refractivity contribution in [2.24, 2.45) is 0 Å². The number of hydrogen-bond acceptors (Lipinski definition) is 3. The lowest BCUT2D eigenvalue weighted by Crippen LogP contribution is -2.45. The monoisotopic (exact) mass is 396 g/mol. The SMILES string of the molecule is CCC(CC)(NCC(=O)Nc1ccccc1OC(F)F)c1ccc(Cl)cc1. The van der Waals surface area contributed by atoms with Crippen molar-refractivity contribution in [1.82, 2.24) is 5.32 Å². The van der Waals surface area contributed by atoms with Crippen molar-refractivity contribution >= 4 is 23.2 Å². The molecule has 0 atom stereocenters. The van der Waals surface area contributed by atoms with E-state index in [4.69, 9.17) is 11.6 Å². The Labute approximate surface area is 162 Å². The third-order valence-electron chi connectivity index (χ3n) is 4.57. The number of ether oxygens (including phenoxy) is 1. The van der Waals surface area contributed by atoms with Gasteiger partial charge in [0.15, 0.2) is 0 Å². The van der Waals surface area contributed by atoms with Gasteiger partial charge < -0.3 is 10.1 Å². The minimum atomic E-state index is -2.96. The number of carbonyl (C=O) groups excluding carboxylic acids is 1. The Kier molecular flexibility index (Phi) is 7.56. The third kappa shape index (κ3) is 5.65. The minimum Gasteiger partial charge on any atom is -0.433 e. The second-order valence-corrected chi connectivity index (χ2v) is 6.51. The van der Waals surface area contributed by atoms with Gasteiger partial charge in [-0.15, -0.1) is 0 Å². The molecule has 0 bridgehead atoms. The molecule has 146 valence electrons. The Bertz CT molecular complexity index is 750. The van der Waals surface area contributed by atoms with E-state index < -0.39 is 6.61 Å². The van der Waals surface area contributed by atoms with Gasteiger partial charge in [-0.3, -0.25) is 10.1 Å². The Hall–Kier alpha value is -2.18. The first-order valence-corrected chi connectivity index (χ1v) is 9.12. The van der Waals surface area contributed by atoms with Crippen LogP contribution in [-0.2, 0) is 10.3 Å². The van der Waals surface area contributed by atoms with Crippen LogP contribution in [0.3, 0.4) is 0 Å². The van der Waals surface area contributed by atoms with Gasteiger partial charge in [0.05, 0.1) is 12.2 Å². The average Bonchev–Trinajstić information content (AvgIpc) is 2.65. The molecule has 0 radical (unpaired) electrons. The molecule has 2 aromatic rings. The van der Waals surface area contributed by atoms with Gasteiger partial charge in [-0.05, 0) is 42.7 Å². The molecular formula is C20H23ClF2N2O2. The molecular weight excluding hydrogens is 374 g/mol. The van der Waals surface area contributed by atoms with Crippen molar-refractivity contribution in [3.8, 4) is 5.75 Å². The summed E-state index contributed by atoms with van der Waals surface area (Å²) in [6.07, 6.45) is 1.53. The molecule has 4 nitrogen and oxygen atoms in total. The second kappa shape index (κ2) is 9.67. The first-order chi connectivity index (χ1) is 12.9. The summed E-state index contributed by atoms with van der Waals surface area (Å²) in [5.74, 6) is -0.420. The van der Waals surface area contributed by atoms with Crippen molar-refractivity contribution < 1.29 is 18.3 Å². The first kappa shape index (κ1) is 21.1. The molecule has 0 fully saturated rings. The average molecular weight is 397 g/mol. The Morgan fingerprint density at radius 3 is 2.33 bits per heavy atom. The number of rotatable bonds is 9. The van der Waals surface area contributed by atoms with Crippen LogP contribution >= 0.6 is 11.6 Å². The van der Waals surface area contributed by atoms with Gasteiger partial charge in [0, 0.05) is 10.6 Å². The summed E-state index contributed by atoms with van der Waals surface area (Å²) in [4.78, 5) is 12.4. The predicted octanol–water partition coefficient (Wildman–Crippen LogP) is 5.19. The van der Waals surface area contributed by atoms with Crippen LogP contribution in [0.5, 0.6) is 5.75 Å². The van der Waals surface area contributed by atoms with E-state index in [9.17, 15) is 13.6 Å². The molecule has 0 aliphatic heterocycles. The highest BCUT2D eigenvalue weighted by molar-refractivity contribution is 6.30. The van der Waals surface area contributed by atoms with Crippen molar-refractivity contribution in [2.75, 3.05) is 11.9 Å². The number of nitrogens with one attached hydrogen (secondary N) is 2. The highest BCUT2D eigenvalue weighted by Crippen LogP contribution is 2.30. The van der Waals surface area contributed by atoms with Gasteiger partial charge in [0.1, 0.15) is 5.75 Å². The number of amides is 1. The van der Waals surface area contributed by atoms with E-state index in [-0.39, 0.29) is 29.4 Å². The van der Waals surface area contributed by atoms with Gasteiger partial charge in [0.25, 0.3) is 0 Å². The minimum absolute atomic E-state index is 0.0212. The maximum Gasteiger partial charge on any atom is 0.387 e. The van der Waals surface area contributed by atoms with Crippen molar-refractivity contribution in [3.63, 3.8) is 0 Å². The number of benzene rings is 2. The number of para-hydroxylation sites is 2. The molecule has 27 heavy (non-hydrogen) atoms. The molecule has 0 aliphatic rings. The molecule has 1 amide bonds. The number of halogens is 3. The zero-order valence-corrected chi connectivity index (χ0v) is 16.0. The topological polar surface area (TPSA) is 50.4 Å². The number of carbonyl (C=O) groups is 1. The lowest BCUT2D eigenvalue weighted by molar-refractivity contribution is -0.115. The molecule has 2 aromatic carbocycles. The number of alkyl halides is 2. The van der Waals surface area contributed by atoms with Crippen molar-refractivity contribution in [3.05, 3.63) is 59.1 Å². The van der Waals surface area contributed by atoms with E-state index in [0.717, 1.165) is 18.4 Å². The van der Waals surface area contributed by atoms with Gasteiger partial charge in [-0.1, -0.05) is 49.7 Å². The molecule has 7 heteroatoms. The predicted molar refractivity (Wildman–Crippen MR) is 103 cm³/mol. The summed E-state index contributed by atoms with van der Waals surface area (Å²) in [6.45, 7) is 1.13. The van der Waals surface area contributed by atoms with Crippen LogP contribution in [0.2, 0.25) is 5.02 Å². The molecule has 0 unspecified atom stereocenters. The van der Waals surface area contributed by atoms with E-state index in [2.05, 4.69) is 15.4 Å². The van der Waals surface area contributed by atoms with Crippen LogP contribution < -0.4 is 15.4 Å². The van der Waals surface area contributed by atoms with Crippen LogP contribution in [0.1, 0.15) is 32.3 Å². The molecule has 0 saturated carbocycles. The molecule has 0 saturated heterocycles. The Balaban J connectivity index is 2.08. The molecule has 0 aromatic heterocycles. The van der Waals surface area contributed by atoms with E-state index in [1.165, 1.54) is 12.1 Å². The molecule has 0 spiro atoms. The summed E-state index contributed by atoms with van der Waals surface area (Å²) in [5.41, 5.74) is 0.849. The maximum atomic E-state index is 12.5. The smallest absolute Gasteiger partial charge is 0.387 e. The number of hydrogen-bond donors (Lipinski definition) is 2. The second-order valence-electron chi connectivity index (χ2n) is 6.07. The summed E-state index contributed by atoms with van der Waals surface area (Å²) in [5, 5.41) is 6.57. The van der Waals surface area contributed by atoms with Crippen molar-refractivity contribution in [1.29, 1.82) is 0 Å². The van der Waals surface area contributed by atoms with Gasteiger partial charge in [-0.2, -0.15) is 8.78 Å². The fraction of sp³-hybridized carbons (Fsp3) is 0.350. The highest BCUT2D eigenvalue weighted by atomic mass is 35.5. The lowest BCUT2D eigenvalue weighted by Gasteiger charge is -2.33. The molecule has 0 aliphatic carbocycles. The van der Waals surface area contributed by atoms with Gasteiger partial charge in [-0.25, -0.2) is 0 Å². The summed E-state index contributed by atoms with van der Waals surface area (Å²) in [7, 11) is 0. The maximum absolute atomic E-state index is 12.5. The molecule has 2 rings (SSSR count). The standard InChI is InChI=1S/C20H23ClF2N2O2/c1-3-20(4-2,14-9-11-15(21)12-10-14)24-13-18(26)25-16-7-5-6-8-17(16)27-19(22)23/h5-12,19,24H,3-4,13H2,1-2H3,(H,25,26). The Morgan fingerprint density at radius 1 is 1.11 bits per heavy atom. The van der Waals surface area contributed by atoms with Crippen LogP contribution in [0.25, 0.3) is 0 Å². The third-order valence-corrected chi connectivity index (χ3v) is 4.82. The van der Waals surface area contributed by atoms with Crippen LogP contribution in [-0.4, -0.2) is 19.1 Å². The Morgan fingerprint density at radius 2 is 1.74 bits per heavy atom. The first-order valence-electron chi connectivity index (χ1n) is 8.75. The van der Waals surface area contributed by atoms with E-state index in [0.29, 0.717) is 5.02 Å². The van der Waals surface area contributed by atoms with Gasteiger partial charge >= 0.3 is 6.61 Å². The lowest BCUT2D eigenvalue weighted by atomic mass is 9.84. The largest absolute Gasteiger partial charge is 0.433 e. The molecule has 0 heterocycles. The highest BCUT2D eigenvalue weighted by Gasteiger charge is 2.28. The number of anilines is 1. The van der Waals surface area contributed by atoms with E-state index in [1.54, 1.807) is 12.1 Å².